The van der Waals surface area contributed by atoms with Crippen molar-refractivity contribution in [2.24, 2.45) is 0 Å². The molecule has 2 aromatic carbocycles. The predicted molar refractivity (Wildman–Crippen MR) is 72.2 cm³/mol. The third kappa shape index (κ3) is 2.48. The van der Waals surface area contributed by atoms with E-state index in [4.69, 9.17) is 0 Å². The molecule has 0 spiro atoms. The molecule has 2 rings (SSSR count). The molecular weight excluding hydrogens is 210 g/mol. The van der Waals surface area contributed by atoms with Crippen LogP contribution in [0.2, 0.25) is 0 Å². The van der Waals surface area contributed by atoms with Crippen molar-refractivity contribution in [3.63, 3.8) is 0 Å². The molecule has 1 unspecified atom stereocenters. The predicted octanol–water partition coefficient (Wildman–Crippen LogP) is 2.74. The fourth-order valence-corrected chi connectivity index (χ4v) is 2.16. The number of nitrogens with zero attached hydrogens (tertiary/aromatic N) is 1. The molecule has 90 valence electrons. The molecule has 0 aliphatic heterocycles. The highest BCUT2D eigenvalue weighted by molar-refractivity contribution is 5.83. The maximum atomic E-state index is 9.42. The molecule has 2 nitrogen and oxygen atoms in total. The van der Waals surface area contributed by atoms with E-state index in [2.05, 4.69) is 43.3 Å². The van der Waals surface area contributed by atoms with Crippen LogP contribution in [0.25, 0.3) is 10.8 Å². The standard InChI is InChI=1S/C15H19NO/c1-11-4-5-13-9-14(7-6-12(13)8-11)15(10-17)16(2)3/h4-9,15,17H,10H2,1-3H3. The maximum Gasteiger partial charge on any atom is 0.0628 e. The first-order chi connectivity index (χ1) is 8.11. The lowest BCUT2D eigenvalue weighted by Gasteiger charge is -2.22. The third-order valence-electron chi connectivity index (χ3n) is 3.20. The van der Waals surface area contributed by atoms with Crippen LogP contribution < -0.4 is 0 Å². The summed E-state index contributed by atoms with van der Waals surface area (Å²) in [5.74, 6) is 0. The first-order valence-corrected chi connectivity index (χ1v) is 5.89. The Bertz CT molecular complexity index is 519. The second kappa shape index (κ2) is 4.86. The van der Waals surface area contributed by atoms with Gasteiger partial charge in [0.05, 0.1) is 12.6 Å². The number of hydrogen-bond donors (Lipinski definition) is 1. The van der Waals surface area contributed by atoms with E-state index in [1.807, 2.05) is 19.0 Å². The van der Waals surface area contributed by atoms with Crippen molar-refractivity contribution in [1.29, 1.82) is 0 Å². The van der Waals surface area contributed by atoms with Gasteiger partial charge in [0.25, 0.3) is 0 Å². The van der Waals surface area contributed by atoms with Gasteiger partial charge < -0.3 is 10.0 Å². The summed E-state index contributed by atoms with van der Waals surface area (Å²) < 4.78 is 0. The Kier molecular flexibility index (Phi) is 3.46. The van der Waals surface area contributed by atoms with Gasteiger partial charge in [-0.15, -0.1) is 0 Å². The van der Waals surface area contributed by atoms with Gasteiger partial charge in [-0.3, -0.25) is 0 Å². The molecule has 0 radical (unpaired) electrons. The average molecular weight is 229 g/mol. The first-order valence-electron chi connectivity index (χ1n) is 5.89. The molecule has 0 saturated carbocycles. The van der Waals surface area contributed by atoms with Crippen LogP contribution in [0.5, 0.6) is 0 Å². The monoisotopic (exact) mass is 229 g/mol. The molecule has 1 N–H and O–H groups in total. The summed E-state index contributed by atoms with van der Waals surface area (Å²) in [5, 5.41) is 11.9. The van der Waals surface area contributed by atoms with E-state index in [-0.39, 0.29) is 12.6 Å². The van der Waals surface area contributed by atoms with Gasteiger partial charge in [0.1, 0.15) is 0 Å². The minimum atomic E-state index is 0.0701. The number of likely N-dealkylation sites (N-methyl/N-ethyl adjacent to an activating group) is 1. The van der Waals surface area contributed by atoms with Crippen LogP contribution in [0.3, 0.4) is 0 Å². The number of fused-ring (bicyclic) bond motifs is 1. The van der Waals surface area contributed by atoms with Gasteiger partial charge in [0.2, 0.25) is 0 Å². The fourth-order valence-electron chi connectivity index (χ4n) is 2.16. The zero-order valence-corrected chi connectivity index (χ0v) is 10.6. The second-order valence-electron chi connectivity index (χ2n) is 4.77. The Balaban J connectivity index is 2.47. The topological polar surface area (TPSA) is 23.5 Å². The molecule has 0 heterocycles. The summed E-state index contributed by atoms with van der Waals surface area (Å²) in [6.45, 7) is 2.24. The maximum absolute atomic E-state index is 9.42. The summed E-state index contributed by atoms with van der Waals surface area (Å²) in [4.78, 5) is 2.04. The smallest absolute Gasteiger partial charge is 0.0628 e. The molecule has 0 amide bonds. The Labute approximate surface area is 102 Å². The Morgan fingerprint density at radius 2 is 1.71 bits per heavy atom. The van der Waals surface area contributed by atoms with Crippen molar-refractivity contribution in [1.82, 2.24) is 4.90 Å². The molecule has 17 heavy (non-hydrogen) atoms. The highest BCUT2D eigenvalue weighted by Gasteiger charge is 2.12. The number of aliphatic hydroxyl groups excluding tert-OH is 1. The summed E-state index contributed by atoms with van der Waals surface area (Å²) >= 11 is 0. The van der Waals surface area contributed by atoms with E-state index in [0.29, 0.717) is 0 Å². The number of benzene rings is 2. The van der Waals surface area contributed by atoms with E-state index < -0.39 is 0 Å². The number of aryl methyl sites for hydroxylation is 1. The van der Waals surface area contributed by atoms with Crippen molar-refractivity contribution < 1.29 is 5.11 Å². The minimum absolute atomic E-state index is 0.0701. The van der Waals surface area contributed by atoms with Crippen LogP contribution in [0, 0.1) is 6.92 Å². The van der Waals surface area contributed by atoms with E-state index in [1.165, 1.54) is 16.3 Å². The van der Waals surface area contributed by atoms with Crippen LogP contribution >= 0.6 is 0 Å². The molecule has 0 bridgehead atoms. The minimum Gasteiger partial charge on any atom is -0.394 e. The molecular formula is C15H19NO. The molecule has 0 aliphatic rings. The summed E-state index contributed by atoms with van der Waals surface area (Å²) in [5.41, 5.74) is 2.44. The van der Waals surface area contributed by atoms with Crippen LogP contribution in [-0.2, 0) is 0 Å². The lowest BCUT2D eigenvalue weighted by Crippen LogP contribution is -2.22. The lowest BCUT2D eigenvalue weighted by molar-refractivity contribution is 0.171. The molecule has 1 atom stereocenters. The van der Waals surface area contributed by atoms with E-state index in [0.717, 1.165) is 5.56 Å². The van der Waals surface area contributed by atoms with E-state index in [1.54, 1.807) is 0 Å². The second-order valence-corrected chi connectivity index (χ2v) is 4.77. The molecule has 2 heteroatoms. The van der Waals surface area contributed by atoms with Crippen LogP contribution in [0.4, 0.5) is 0 Å². The summed E-state index contributed by atoms with van der Waals surface area (Å²) in [7, 11) is 3.97. The SMILES string of the molecule is Cc1ccc2cc(C(CO)N(C)C)ccc2c1. The van der Waals surface area contributed by atoms with Gasteiger partial charge in [-0.05, 0) is 43.4 Å². The van der Waals surface area contributed by atoms with Crippen LogP contribution in [0.1, 0.15) is 17.2 Å². The van der Waals surface area contributed by atoms with Crippen molar-refractivity contribution in [3.05, 3.63) is 47.5 Å². The van der Waals surface area contributed by atoms with Gasteiger partial charge in [0.15, 0.2) is 0 Å². The van der Waals surface area contributed by atoms with Gasteiger partial charge in [-0.25, -0.2) is 0 Å². The number of aliphatic hydroxyl groups is 1. The van der Waals surface area contributed by atoms with Crippen molar-refractivity contribution >= 4 is 10.8 Å². The third-order valence-corrected chi connectivity index (χ3v) is 3.20. The molecule has 2 aromatic rings. The largest absolute Gasteiger partial charge is 0.394 e. The average Bonchev–Trinajstić information content (AvgIpc) is 2.29. The van der Waals surface area contributed by atoms with E-state index >= 15 is 0 Å². The quantitative estimate of drug-likeness (QED) is 0.874. The lowest BCUT2D eigenvalue weighted by atomic mass is 10.0. The molecule has 0 aliphatic carbocycles. The highest BCUT2D eigenvalue weighted by atomic mass is 16.3. The fraction of sp³-hybridized carbons (Fsp3) is 0.333. The van der Waals surface area contributed by atoms with Gasteiger partial charge in [0, 0.05) is 0 Å². The Morgan fingerprint density at radius 1 is 1.06 bits per heavy atom. The number of rotatable bonds is 3. The normalized spacial score (nSPS) is 13.2. The molecule has 0 aromatic heterocycles. The Hall–Kier alpha value is -1.38. The van der Waals surface area contributed by atoms with Crippen LogP contribution in [-0.4, -0.2) is 30.7 Å². The van der Waals surface area contributed by atoms with Crippen molar-refractivity contribution in [3.8, 4) is 0 Å². The first kappa shape index (κ1) is 12.1. The van der Waals surface area contributed by atoms with E-state index in [9.17, 15) is 5.11 Å². The van der Waals surface area contributed by atoms with Gasteiger partial charge in [-0.2, -0.15) is 0 Å². The highest BCUT2D eigenvalue weighted by Crippen LogP contribution is 2.23. The van der Waals surface area contributed by atoms with Crippen molar-refractivity contribution in [2.75, 3.05) is 20.7 Å². The zero-order chi connectivity index (χ0) is 12.4. The van der Waals surface area contributed by atoms with Gasteiger partial charge in [-0.1, -0.05) is 35.9 Å². The van der Waals surface area contributed by atoms with Crippen molar-refractivity contribution in [2.45, 2.75) is 13.0 Å². The Morgan fingerprint density at radius 3 is 2.35 bits per heavy atom. The van der Waals surface area contributed by atoms with Gasteiger partial charge >= 0.3 is 0 Å². The molecule has 0 fully saturated rings. The summed E-state index contributed by atoms with van der Waals surface area (Å²) in [6.07, 6.45) is 0. The zero-order valence-electron chi connectivity index (χ0n) is 10.6. The summed E-state index contributed by atoms with van der Waals surface area (Å²) in [6, 6.07) is 12.9. The molecule has 0 saturated heterocycles. The van der Waals surface area contributed by atoms with Crippen LogP contribution in [0.15, 0.2) is 36.4 Å². The number of hydrogen-bond acceptors (Lipinski definition) is 2.